The van der Waals surface area contributed by atoms with Gasteiger partial charge < -0.3 is 10.0 Å². The van der Waals surface area contributed by atoms with Crippen molar-refractivity contribution in [2.75, 3.05) is 13.6 Å². The van der Waals surface area contributed by atoms with E-state index in [9.17, 15) is 9.59 Å². The topological polar surface area (TPSA) is 57.6 Å². The standard InChI is InChI=1S/C7H9NO3/c1-4(9)6-5(10)3-8(2)7(6)11/h9H,3H2,1-2H3/b6-4-. The molecule has 0 aliphatic carbocycles. The number of hydrogen-bond acceptors (Lipinski definition) is 3. The largest absolute Gasteiger partial charge is 0.512 e. The van der Waals surface area contributed by atoms with E-state index in [-0.39, 0.29) is 23.7 Å². The lowest BCUT2D eigenvalue weighted by atomic mass is 10.2. The van der Waals surface area contributed by atoms with E-state index >= 15 is 0 Å². The van der Waals surface area contributed by atoms with Crippen molar-refractivity contribution in [3.63, 3.8) is 0 Å². The summed E-state index contributed by atoms with van der Waals surface area (Å²) in [7, 11) is 1.52. The van der Waals surface area contributed by atoms with E-state index in [1.165, 1.54) is 18.9 Å². The predicted molar refractivity (Wildman–Crippen MR) is 38.0 cm³/mol. The highest BCUT2D eigenvalue weighted by molar-refractivity contribution is 6.25. The molecule has 1 fully saturated rings. The third-order valence-electron chi connectivity index (χ3n) is 1.58. The molecule has 0 bridgehead atoms. The molecule has 1 aliphatic heterocycles. The van der Waals surface area contributed by atoms with Crippen LogP contribution in [0.1, 0.15) is 6.92 Å². The summed E-state index contributed by atoms with van der Waals surface area (Å²) < 4.78 is 0. The average Bonchev–Trinajstić information content (AvgIpc) is 2.07. The average molecular weight is 155 g/mol. The van der Waals surface area contributed by atoms with Crippen LogP contribution in [0, 0.1) is 0 Å². The maximum absolute atomic E-state index is 11.0. The summed E-state index contributed by atoms with van der Waals surface area (Å²) in [6.07, 6.45) is 0. The number of ketones is 1. The monoisotopic (exact) mass is 155 g/mol. The molecule has 0 radical (unpaired) electrons. The zero-order chi connectivity index (χ0) is 8.59. The van der Waals surface area contributed by atoms with Gasteiger partial charge in [0.25, 0.3) is 5.91 Å². The van der Waals surface area contributed by atoms with Crippen molar-refractivity contribution in [3.8, 4) is 0 Å². The smallest absolute Gasteiger partial charge is 0.261 e. The van der Waals surface area contributed by atoms with Gasteiger partial charge in [0.2, 0.25) is 0 Å². The van der Waals surface area contributed by atoms with Crippen LogP contribution in [-0.4, -0.2) is 35.3 Å². The number of Topliss-reactive ketones (excluding diaryl/α,β-unsaturated/α-hetero) is 1. The number of carbonyl (C=O) groups excluding carboxylic acids is 2. The zero-order valence-corrected chi connectivity index (χ0v) is 6.42. The lowest BCUT2D eigenvalue weighted by molar-refractivity contribution is -0.123. The van der Waals surface area contributed by atoms with Crippen molar-refractivity contribution in [1.82, 2.24) is 4.90 Å². The summed E-state index contributed by atoms with van der Waals surface area (Å²) in [5.41, 5.74) is -0.0764. The van der Waals surface area contributed by atoms with Gasteiger partial charge in [-0.3, -0.25) is 9.59 Å². The molecule has 1 rings (SSSR count). The molecule has 11 heavy (non-hydrogen) atoms. The molecule has 1 amide bonds. The minimum absolute atomic E-state index is 0.0755. The van der Waals surface area contributed by atoms with Crippen molar-refractivity contribution in [1.29, 1.82) is 0 Å². The maximum atomic E-state index is 11.0. The van der Waals surface area contributed by atoms with E-state index in [0.29, 0.717) is 0 Å². The van der Waals surface area contributed by atoms with Crippen LogP contribution in [0.5, 0.6) is 0 Å². The van der Waals surface area contributed by atoms with Crippen LogP contribution in [0.3, 0.4) is 0 Å². The molecule has 60 valence electrons. The van der Waals surface area contributed by atoms with Crippen LogP contribution < -0.4 is 0 Å². The number of allylic oxidation sites excluding steroid dienone is 1. The first-order valence-electron chi connectivity index (χ1n) is 3.22. The molecular weight excluding hydrogens is 146 g/mol. The molecule has 0 atom stereocenters. The maximum Gasteiger partial charge on any atom is 0.261 e. The van der Waals surface area contributed by atoms with Crippen molar-refractivity contribution in [3.05, 3.63) is 11.3 Å². The summed E-state index contributed by atoms with van der Waals surface area (Å²) in [4.78, 5) is 23.3. The highest BCUT2D eigenvalue weighted by Crippen LogP contribution is 2.14. The van der Waals surface area contributed by atoms with Gasteiger partial charge in [-0.15, -0.1) is 0 Å². The highest BCUT2D eigenvalue weighted by Gasteiger charge is 2.32. The second kappa shape index (κ2) is 2.38. The van der Waals surface area contributed by atoms with Gasteiger partial charge in [0.1, 0.15) is 11.3 Å². The molecule has 0 unspecified atom stereocenters. The van der Waals surface area contributed by atoms with E-state index < -0.39 is 5.91 Å². The first-order valence-corrected chi connectivity index (χ1v) is 3.22. The first-order chi connectivity index (χ1) is 5.04. The molecule has 1 N–H and O–H groups in total. The second-order valence-electron chi connectivity index (χ2n) is 2.54. The van der Waals surface area contributed by atoms with Crippen molar-refractivity contribution < 1.29 is 14.7 Å². The molecule has 0 aromatic rings. The lowest BCUT2D eigenvalue weighted by Crippen LogP contribution is -2.19. The Morgan fingerprint density at radius 2 is 2.09 bits per heavy atom. The molecule has 4 heteroatoms. The van der Waals surface area contributed by atoms with Gasteiger partial charge in [0.05, 0.1) is 6.54 Å². The molecule has 1 saturated heterocycles. The Hall–Kier alpha value is -1.32. The molecule has 0 spiro atoms. The normalized spacial score (nSPS) is 22.9. The summed E-state index contributed by atoms with van der Waals surface area (Å²) in [5.74, 6) is -0.892. The molecule has 0 aromatic carbocycles. The van der Waals surface area contributed by atoms with E-state index in [0.717, 1.165) is 0 Å². The van der Waals surface area contributed by atoms with Gasteiger partial charge >= 0.3 is 0 Å². The summed E-state index contributed by atoms with van der Waals surface area (Å²) in [6.45, 7) is 1.41. The highest BCUT2D eigenvalue weighted by atomic mass is 16.3. The van der Waals surface area contributed by atoms with Crippen molar-refractivity contribution in [2.24, 2.45) is 0 Å². The Balaban J connectivity index is 3.09. The molecule has 4 nitrogen and oxygen atoms in total. The number of amides is 1. The summed E-state index contributed by atoms with van der Waals surface area (Å²) in [5, 5.41) is 8.92. The number of likely N-dealkylation sites (tertiary alicyclic amines) is 1. The van der Waals surface area contributed by atoms with Crippen LogP contribution in [0.15, 0.2) is 11.3 Å². The van der Waals surface area contributed by atoms with Crippen LogP contribution in [0.25, 0.3) is 0 Å². The minimum atomic E-state index is -0.394. The van der Waals surface area contributed by atoms with Crippen molar-refractivity contribution in [2.45, 2.75) is 6.92 Å². The molecule has 0 aromatic heterocycles. The van der Waals surface area contributed by atoms with Crippen LogP contribution in [-0.2, 0) is 9.59 Å². The molecular formula is C7H9NO3. The third-order valence-corrected chi connectivity index (χ3v) is 1.58. The fraction of sp³-hybridized carbons (Fsp3) is 0.429. The predicted octanol–water partition coefficient (Wildman–Crippen LogP) is -0.141. The first kappa shape index (κ1) is 7.78. The number of aliphatic hydroxyl groups is 1. The number of rotatable bonds is 0. The Bertz CT molecular complexity index is 250. The van der Waals surface area contributed by atoms with Gasteiger partial charge in [-0.1, -0.05) is 0 Å². The van der Waals surface area contributed by atoms with Crippen LogP contribution in [0.4, 0.5) is 0 Å². The Morgan fingerprint density at radius 3 is 2.27 bits per heavy atom. The number of likely N-dealkylation sites (N-methyl/N-ethyl adjacent to an activating group) is 1. The van der Waals surface area contributed by atoms with Gasteiger partial charge in [-0.25, -0.2) is 0 Å². The van der Waals surface area contributed by atoms with E-state index in [1.54, 1.807) is 0 Å². The number of carbonyl (C=O) groups is 2. The Morgan fingerprint density at radius 1 is 1.55 bits per heavy atom. The van der Waals surface area contributed by atoms with E-state index in [4.69, 9.17) is 5.11 Å². The summed E-state index contributed by atoms with van der Waals surface area (Å²) >= 11 is 0. The van der Waals surface area contributed by atoms with Crippen LogP contribution in [0.2, 0.25) is 0 Å². The lowest BCUT2D eigenvalue weighted by Gasteiger charge is -2.02. The quantitative estimate of drug-likeness (QED) is 0.301. The molecule has 1 heterocycles. The zero-order valence-electron chi connectivity index (χ0n) is 6.42. The number of aliphatic hydroxyl groups excluding tert-OH is 1. The number of nitrogens with zero attached hydrogens (tertiary/aromatic N) is 1. The Labute approximate surface area is 64.1 Å². The number of hydrogen-bond donors (Lipinski definition) is 1. The van der Waals surface area contributed by atoms with Gasteiger partial charge in [-0.2, -0.15) is 0 Å². The van der Waals surface area contributed by atoms with E-state index in [2.05, 4.69) is 0 Å². The fourth-order valence-electron chi connectivity index (χ4n) is 1.03. The van der Waals surface area contributed by atoms with Gasteiger partial charge in [0.15, 0.2) is 5.78 Å². The molecule has 1 aliphatic rings. The third kappa shape index (κ3) is 1.11. The van der Waals surface area contributed by atoms with E-state index in [1.807, 2.05) is 0 Å². The summed E-state index contributed by atoms with van der Waals surface area (Å²) in [6, 6.07) is 0. The van der Waals surface area contributed by atoms with Crippen LogP contribution >= 0.6 is 0 Å². The van der Waals surface area contributed by atoms with Gasteiger partial charge in [-0.05, 0) is 6.92 Å². The fourth-order valence-corrected chi connectivity index (χ4v) is 1.03. The van der Waals surface area contributed by atoms with Gasteiger partial charge in [0, 0.05) is 7.05 Å². The minimum Gasteiger partial charge on any atom is -0.512 e. The Kier molecular flexibility index (Phi) is 1.68. The second-order valence-corrected chi connectivity index (χ2v) is 2.54. The SMILES string of the molecule is C/C(O)=C1\C(=O)CN(C)C1=O. The molecule has 0 saturated carbocycles. The van der Waals surface area contributed by atoms with Crippen molar-refractivity contribution >= 4 is 11.7 Å².